The lowest BCUT2D eigenvalue weighted by Crippen LogP contribution is -2.26. The first-order chi connectivity index (χ1) is 9.91. The first-order valence-corrected chi connectivity index (χ1v) is 8.26. The highest BCUT2D eigenvalue weighted by atomic mass is 32.1. The van der Waals surface area contributed by atoms with Crippen LogP contribution in [-0.2, 0) is 13.6 Å². The molecule has 1 atom stereocenters. The summed E-state index contributed by atoms with van der Waals surface area (Å²) in [4.78, 5) is 3.53. The van der Waals surface area contributed by atoms with E-state index in [0.29, 0.717) is 12.0 Å². The van der Waals surface area contributed by atoms with Gasteiger partial charge in [-0.1, -0.05) is 19.9 Å². The summed E-state index contributed by atoms with van der Waals surface area (Å²) in [7, 11) is 6.14. The van der Waals surface area contributed by atoms with Crippen LogP contribution in [0.15, 0.2) is 17.5 Å². The van der Waals surface area contributed by atoms with Crippen LogP contribution in [0.1, 0.15) is 36.0 Å². The lowest BCUT2D eigenvalue weighted by atomic mass is 10.0. The van der Waals surface area contributed by atoms with Crippen LogP contribution in [0.4, 0.5) is 5.82 Å². The van der Waals surface area contributed by atoms with E-state index >= 15 is 0 Å². The van der Waals surface area contributed by atoms with Crippen LogP contribution >= 0.6 is 11.3 Å². The number of thiophene rings is 1. The van der Waals surface area contributed by atoms with Crippen LogP contribution in [0.2, 0.25) is 0 Å². The summed E-state index contributed by atoms with van der Waals surface area (Å²) < 4.78 is 1.96. The number of nitrogens with zero attached hydrogens (tertiary/aromatic N) is 3. The van der Waals surface area contributed by atoms with Gasteiger partial charge in [0.1, 0.15) is 5.82 Å². The van der Waals surface area contributed by atoms with Crippen LogP contribution in [0.25, 0.3) is 0 Å². The van der Waals surface area contributed by atoms with Crippen molar-refractivity contribution in [2.24, 2.45) is 13.0 Å². The third-order valence-corrected chi connectivity index (χ3v) is 4.71. The van der Waals surface area contributed by atoms with E-state index in [1.165, 1.54) is 16.3 Å². The first-order valence-electron chi connectivity index (χ1n) is 7.38. The highest BCUT2D eigenvalue weighted by Crippen LogP contribution is 2.28. The average molecular weight is 306 g/mol. The Kier molecular flexibility index (Phi) is 5.06. The SMILES string of the molecule is Cc1nn(C)c(N(C)C)c1CN[C@H](c1cccs1)C(C)C. The monoisotopic (exact) mass is 306 g/mol. The average Bonchev–Trinajstić information content (AvgIpc) is 2.98. The maximum Gasteiger partial charge on any atom is 0.130 e. The van der Waals surface area contributed by atoms with Gasteiger partial charge in [0, 0.05) is 44.2 Å². The minimum absolute atomic E-state index is 0.389. The Morgan fingerprint density at radius 3 is 2.62 bits per heavy atom. The fourth-order valence-corrected chi connectivity index (χ4v) is 3.77. The van der Waals surface area contributed by atoms with Crippen molar-refractivity contribution in [3.8, 4) is 0 Å². The van der Waals surface area contributed by atoms with Gasteiger partial charge in [-0.25, -0.2) is 0 Å². The minimum Gasteiger partial charge on any atom is -0.363 e. The molecule has 5 heteroatoms. The molecular formula is C16H26N4S. The number of hydrogen-bond donors (Lipinski definition) is 1. The molecule has 0 aliphatic carbocycles. The minimum atomic E-state index is 0.389. The van der Waals surface area contributed by atoms with Crippen LogP contribution in [0.5, 0.6) is 0 Å². The Hall–Kier alpha value is -1.33. The molecule has 1 N–H and O–H groups in total. The molecular weight excluding hydrogens is 280 g/mol. The van der Waals surface area contributed by atoms with Gasteiger partial charge in [0.05, 0.1) is 5.69 Å². The topological polar surface area (TPSA) is 33.1 Å². The summed E-state index contributed by atoms with van der Waals surface area (Å²) in [6.45, 7) is 7.45. The van der Waals surface area contributed by atoms with Gasteiger partial charge in [-0.3, -0.25) is 4.68 Å². The van der Waals surface area contributed by atoms with E-state index < -0.39 is 0 Å². The molecule has 0 saturated carbocycles. The van der Waals surface area contributed by atoms with Crippen molar-refractivity contribution in [2.45, 2.75) is 33.4 Å². The molecule has 2 heterocycles. The van der Waals surface area contributed by atoms with Crippen LogP contribution in [0, 0.1) is 12.8 Å². The maximum absolute atomic E-state index is 4.56. The summed E-state index contributed by atoms with van der Waals surface area (Å²) in [5.74, 6) is 1.73. The number of aromatic nitrogens is 2. The normalized spacial score (nSPS) is 12.9. The predicted octanol–water partition coefficient (Wildman–Crippen LogP) is 3.34. The molecule has 0 aliphatic rings. The number of hydrogen-bond acceptors (Lipinski definition) is 4. The molecule has 2 rings (SSSR count). The van der Waals surface area contributed by atoms with E-state index in [-0.39, 0.29) is 0 Å². The summed E-state index contributed by atoms with van der Waals surface area (Å²) in [6, 6.07) is 4.72. The van der Waals surface area contributed by atoms with Crippen molar-refractivity contribution < 1.29 is 0 Å². The van der Waals surface area contributed by atoms with Gasteiger partial charge >= 0.3 is 0 Å². The molecule has 0 fully saturated rings. The summed E-state index contributed by atoms with van der Waals surface area (Å²) in [5, 5.41) is 10.4. The van der Waals surface area contributed by atoms with Crippen LogP contribution in [-0.4, -0.2) is 23.9 Å². The number of anilines is 1. The molecule has 4 nitrogen and oxygen atoms in total. The molecule has 0 radical (unpaired) electrons. The van der Waals surface area contributed by atoms with Gasteiger partial charge in [0.2, 0.25) is 0 Å². The predicted molar refractivity (Wildman–Crippen MR) is 91.0 cm³/mol. The third kappa shape index (κ3) is 3.47. The Morgan fingerprint density at radius 2 is 2.10 bits per heavy atom. The molecule has 0 unspecified atom stereocenters. The lowest BCUT2D eigenvalue weighted by molar-refractivity contribution is 0.416. The molecule has 0 amide bonds. The molecule has 0 saturated heterocycles. The molecule has 116 valence electrons. The van der Waals surface area contributed by atoms with Crippen LogP contribution in [0.3, 0.4) is 0 Å². The van der Waals surface area contributed by atoms with Gasteiger partial charge in [0.25, 0.3) is 0 Å². The van der Waals surface area contributed by atoms with Gasteiger partial charge in [-0.2, -0.15) is 5.10 Å². The van der Waals surface area contributed by atoms with Crippen molar-refractivity contribution in [1.82, 2.24) is 15.1 Å². The van der Waals surface area contributed by atoms with Crippen LogP contribution < -0.4 is 10.2 Å². The van der Waals surface area contributed by atoms with E-state index in [9.17, 15) is 0 Å². The fourth-order valence-electron chi connectivity index (χ4n) is 2.80. The van der Waals surface area contributed by atoms with E-state index in [2.05, 4.69) is 67.7 Å². The number of nitrogens with one attached hydrogen (secondary N) is 1. The van der Waals surface area contributed by atoms with Gasteiger partial charge in [-0.15, -0.1) is 11.3 Å². The van der Waals surface area contributed by atoms with E-state index in [1.54, 1.807) is 0 Å². The zero-order valence-corrected chi connectivity index (χ0v) is 14.7. The number of rotatable bonds is 6. The largest absolute Gasteiger partial charge is 0.363 e. The summed E-state index contributed by atoms with van der Waals surface area (Å²) in [6.07, 6.45) is 0. The summed E-state index contributed by atoms with van der Waals surface area (Å²) in [5.41, 5.74) is 2.38. The Balaban J connectivity index is 2.19. The maximum atomic E-state index is 4.56. The molecule has 2 aromatic rings. The standard InChI is InChI=1S/C16H26N4S/c1-11(2)15(14-8-7-9-21-14)17-10-13-12(3)18-20(6)16(13)19(4)5/h7-9,11,15,17H,10H2,1-6H3/t15-/m0/s1. The van der Waals surface area contributed by atoms with Crippen molar-refractivity contribution in [3.63, 3.8) is 0 Å². The molecule has 0 aromatic carbocycles. The van der Waals surface area contributed by atoms with Gasteiger partial charge < -0.3 is 10.2 Å². The van der Waals surface area contributed by atoms with Crippen molar-refractivity contribution in [1.29, 1.82) is 0 Å². The molecule has 2 aromatic heterocycles. The molecule has 21 heavy (non-hydrogen) atoms. The van der Waals surface area contributed by atoms with Crippen molar-refractivity contribution >= 4 is 17.2 Å². The summed E-state index contributed by atoms with van der Waals surface area (Å²) >= 11 is 1.82. The lowest BCUT2D eigenvalue weighted by Gasteiger charge is -2.22. The quantitative estimate of drug-likeness (QED) is 0.888. The second-order valence-corrected chi connectivity index (χ2v) is 7.00. The van der Waals surface area contributed by atoms with Crippen molar-refractivity contribution in [3.05, 3.63) is 33.6 Å². The fraction of sp³-hybridized carbons (Fsp3) is 0.562. The molecule has 0 bridgehead atoms. The van der Waals surface area contributed by atoms with E-state index in [0.717, 1.165) is 12.2 Å². The zero-order chi connectivity index (χ0) is 15.6. The second kappa shape index (κ2) is 6.62. The molecule has 0 aliphatic heterocycles. The Morgan fingerprint density at radius 1 is 1.38 bits per heavy atom. The van der Waals surface area contributed by atoms with E-state index in [4.69, 9.17) is 0 Å². The second-order valence-electron chi connectivity index (χ2n) is 6.02. The third-order valence-electron chi connectivity index (χ3n) is 3.75. The Bertz CT molecular complexity index is 569. The highest BCUT2D eigenvalue weighted by molar-refractivity contribution is 7.10. The molecule has 0 spiro atoms. The zero-order valence-electron chi connectivity index (χ0n) is 13.8. The Labute approximate surface area is 131 Å². The van der Waals surface area contributed by atoms with Crippen molar-refractivity contribution in [2.75, 3.05) is 19.0 Å². The van der Waals surface area contributed by atoms with Gasteiger partial charge in [-0.05, 0) is 24.3 Å². The van der Waals surface area contributed by atoms with E-state index in [1.807, 2.05) is 23.1 Å². The smallest absolute Gasteiger partial charge is 0.130 e. The highest BCUT2D eigenvalue weighted by Gasteiger charge is 2.20. The first kappa shape index (κ1) is 16.0. The van der Waals surface area contributed by atoms with Gasteiger partial charge in [0.15, 0.2) is 0 Å². The number of aryl methyl sites for hydroxylation is 2.